The van der Waals surface area contributed by atoms with Gasteiger partial charge in [0, 0.05) is 0 Å². The Hall–Kier alpha value is -3.05. The van der Waals surface area contributed by atoms with Gasteiger partial charge in [0.2, 0.25) is 10.0 Å². The fourth-order valence-electron chi connectivity index (χ4n) is 2.89. The average Bonchev–Trinajstić information content (AvgIpc) is 3.00. The Morgan fingerprint density at radius 1 is 1.28 bits per heavy atom. The zero-order chi connectivity index (χ0) is 21.3. The molecule has 2 aromatic carbocycles. The van der Waals surface area contributed by atoms with Gasteiger partial charge in [-0.05, 0) is 36.8 Å². The molecule has 1 heterocycles. The maximum absolute atomic E-state index is 14.7. The van der Waals surface area contributed by atoms with Gasteiger partial charge in [-0.25, -0.2) is 27.1 Å². The van der Waals surface area contributed by atoms with E-state index in [0.29, 0.717) is 5.84 Å². The smallest absolute Gasteiger partial charge is 0.414 e. The number of cyclic esters (lactones) is 1. The number of anilines is 1. The molecule has 1 aliphatic heterocycles. The Balaban J connectivity index is 1.93. The molecule has 29 heavy (non-hydrogen) atoms. The number of carbonyl (C=O) groups is 1. The van der Waals surface area contributed by atoms with Gasteiger partial charge in [-0.3, -0.25) is 9.89 Å². The fraction of sp³-hybridized carbons (Fsp3) is 0.222. The van der Waals surface area contributed by atoms with E-state index in [1.807, 2.05) is 0 Å². The highest BCUT2D eigenvalue weighted by Crippen LogP contribution is 2.32. The van der Waals surface area contributed by atoms with Crippen LogP contribution in [0.3, 0.4) is 0 Å². The molecule has 0 radical (unpaired) electrons. The molecule has 0 aromatic heterocycles. The molecular weight excluding hydrogens is 406 g/mol. The largest absolute Gasteiger partial charge is 0.442 e. The molecule has 1 fully saturated rings. The minimum absolute atomic E-state index is 0.00675. The Bertz CT molecular complexity index is 1080. The van der Waals surface area contributed by atoms with Crippen molar-refractivity contribution >= 4 is 27.6 Å². The van der Waals surface area contributed by atoms with E-state index in [-0.39, 0.29) is 29.2 Å². The summed E-state index contributed by atoms with van der Waals surface area (Å²) in [6.07, 6.45) is -1.36. The van der Waals surface area contributed by atoms with E-state index < -0.39 is 39.4 Å². The number of aliphatic imine (C=N–C) groups is 1. The minimum atomic E-state index is -4.04. The van der Waals surface area contributed by atoms with E-state index in [1.54, 1.807) is 6.92 Å². The van der Waals surface area contributed by atoms with Crippen molar-refractivity contribution in [2.45, 2.75) is 17.9 Å². The number of carbonyl (C=O) groups excluding carboxylic acids is 1. The number of rotatable bonds is 5. The number of primary sulfonamides is 1. The van der Waals surface area contributed by atoms with Crippen LogP contribution in [0.25, 0.3) is 11.1 Å². The second-order valence-electron chi connectivity index (χ2n) is 6.46. The molecule has 8 nitrogen and oxygen atoms in total. The highest BCUT2D eigenvalue weighted by atomic mass is 32.2. The standard InChI is InChI=1S/C18H18F2N4O4S/c1-10(21)23-8-13-9-24(18(25)28-13)12-6-15(19)17(16(20)7-12)11-3-2-4-14(5-11)29(22,26)27/h2-7,13H,8-9H2,1H3,(H2,21,23)(H2,22,26,27)/t13-/m0/s1. The van der Waals surface area contributed by atoms with Crippen LogP contribution in [-0.4, -0.2) is 39.5 Å². The first-order valence-corrected chi connectivity index (χ1v) is 9.98. The third kappa shape index (κ3) is 4.51. The summed E-state index contributed by atoms with van der Waals surface area (Å²) in [6, 6.07) is 6.92. The van der Waals surface area contributed by atoms with Gasteiger partial charge in [0.1, 0.15) is 17.7 Å². The van der Waals surface area contributed by atoms with Crippen molar-refractivity contribution < 1.29 is 26.7 Å². The van der Waals surface area contributed by atoms with E-state index in [9.17, 15) is 22.0 Å². The maximum Gasteiger partial charge on any atom is 0.414 e. The summed E-state index contributed by atoms with van der Waals surface area (Å²) in [6.45, 7) is 1.77. The Morgan fingerprint density at radius 2 is 1.93 bits per heavy atom. The molecule has 1 aliphatic rings. The number of halogens is 2. The second kappa shape index (κ2) is 7.76. The molecule has 0 spiro atoms. The first-order valence-electron chi connectivity index (χ1n) is 8.43. The highest BCUT2D eigenvalue weighted by Gasteiger charge is 2.33. The van der Waals surface area contributed by atoms with Gasteiger partial charge in [0.25, 0.3) is 0 Å². The highest BCUT2D eigenvalue weighted by molar-refractivity contribution is 7.89. The Labute approximate surface area is 165 Å². The predicted octanol–water partition coefficient (Wildman–Crippen LogP) is 1.98. The molecule has 1 amide bonds. The molecular formula is C18H18F2N4O4S. The minimum Gasteiger partial charge on any atom is -0.442 e. The number of nitrogens with two attached hydrogens (primary N) is 2. The zero-order valence-electron chi connectivity index (χ0n) is 15.3. The van der Waals surface area contributed by atoms with Crippen molar-refractivity contribution in [2.75, 3.05) is 18.0 Å². The van der Waals surface area contributed by atoms with Crippen molar-refractivity contribution in [3.8, 4) is 11.1 Å². The van der Waals surface area contributed by atoms with E-state index in [0.717, 1.165) is 23.1 Å². The van der Waals surface area contributed by atoms with Crippen LogP contribution in [-0.2, 0) is 14.8 Å². The summed E-state index contributed by atoms with van der Waals surface area (Å²) in [5.74, 6) is -1.63. The summed E-state index contributed by atoms with van der Waals surface area (Å²) in [7, 11) is -4.04. The van der Waals surface area contributed by atoms with Crippen LogP contribution >= 0.6 is 0 Å². The topological polar surface area (TPSA) is 128 Å². The number of amides is 1. The predicted molar refractivity (Wildman–Crippen MR) is 103 cm³/mol. The summed E-state index contributed by atoms with van der Waals surface area (Å²) in [4.78, 5) is 16.8. The second-order valence-corrected chi connectivity index (χ2v) is 8.02. The quantitative estimate of drug-likeness (QED) is 0.560. The van der Waals surface area contributed by atoms with Crippen molar-refractivity contribution in [2.24, 2.45) is 15.9 Å². The van der Waals surface area contributed by atoms with E-state index in [2.05, 4.69) is 4.99 Å². The van der Waals surface area contributed by atoms with Crippen LogP contribution in [0.1, 0.15) is 6.92 Å². The molecule has 1 saturated heterocycles. The molecule has 0 aliphatic carbocycles. The van der Waals surface area contributed by atoms with Crippen molar-refractivity contribution in [1.82, 2.24) is 0 Å². The summed E-state index contributed by atoms with van der Waals surface area (Å²) >= 11 is 0. The molecule has 0 unspecified atom stereocenters. The number of sulfonamides is 1. The lowest BCUT2D eigenvalue weighted by molar-refractivity contribution is 0.145. The van der Waals surface area contributed by atoms with Crippen molar-refractivity contribution in [1.29, 1.82) is 0 Å². The number of amidine groups is 1. The van der Waals surface area contributed by atoms with E-state index in [1.165, 1.54) is 18.2 Å². The Morgan fingerprint density at radius 3 is 2.52 bits per heavy atom. The van der Waals surface area contributed by atoms with Gasteiger partial charge < -0.3 is 10.5 Å². The number of nitrogens with zero attached hydrogens (tertiary/aromatic N) is 2. The number of hydrogen-bond donors (Lipinski definition) is 2. The van der Waals surface area contributed by atoms with E-state index in [4.69, 9.17) is 15.6 Å². The van der Waals surface area contributed by atoms with Gasteiger partial charge in [-0.15, -0.1) is 0 Å². The normalized spacial score (nSPS) is 17.5. The SMILES string of the molecule is CC(N)=NC[C@H]1CN(c2cc(F)c(-c3cccc(S(N)(=O)=O)c3)c(F)c2)C(=O)O1. The third-order valence-electron chi connectivity index (χ3n) is 4.21. The van der Waals surface area contributed by atoms with Crippen molar-refractivity contribution in [3.05, 3.63) is 48.0 Å². The molecule has 4 N–H and O–H groups in total. The monoisotopic (exact) mass is 424 g/mol. The number of ether oxygens (including phenoxy) is 1. The lowest BCUT2D eigenvalue weighted by atomic mass is 10.0. The van der Waals surface area contributed by atoms with Crippen LogP contribution < -0.4 is 15.8 Å². The van der Waals surface area contributed by atoms with Crippen LogP contribution in [0, 0.1) is 11.6 Å². The van der Waals surface area contributed by atoms with Gasteiger partial charge in [-0.2, -0.15) is 0 Å². The Kier molecular flexibility index (Phi) is 5.53. The third-order valence-corrected chi connectivity index (χ3v) is 5.12. The van der Waals surface area contributed by atoms with Crippen LogP contribution in [0.4, 0.5) is 19.3 Å². The van der Waals surface area contributed by atoms with Crippen molar-refractivity contribution in [3.63, 3.8) is 0 Å². The molecule has 0 saturated carbocycles. The van der Waals surface area contributed by atoms with Crippen LogP contribution in [0.5, 0.6) is 0 Å². The van der Waals surface area contributed by atoms with Gasteiger partial charge >= 0.3 is 6.09 Å². The molecule has 3 rings (SSSR count). The number of hydrogen-bond acceptors (Lipinski definition) is 5. The fourth-order valence-corrected chi connectivity index (χ4v) is 3.45. The maximum atomic E-state index is 14.7. The summed E-state index contributed by atoms with van der Waals surface area (Å²) in [5, 5.41) is 5.07. The molecule has 0 bridgehead atoms. The lowest BCUT2D eigenvalue weighted by Gasteiger charge is -2.15. The van der Waals surface area contributed by atoms with Gasteiger partial charge in [0.15, 0.2) is 0 Å². The van der Waals surface area contributed by atoms with E-state index >= 15 is 0 Å². The average molecular weight is 424 g/mol. The first-order chi connectivity index (χ1) is 13.6. The van der Waals surface area contributed by atoms with Crippen LogP contribution in [0.2, 0.25) is 0 Å². The molecule has 2 aromatic rings. The lowest BCUT2D eigenvalue weighted by Crippen LogP contribution is -2.25. The zero-order valence-corrected chi connectivity index (χ0v) is 16.1. The summed E-state index contributed by atoms with van der Waals surface area (Å²) in [5.41, 5.74) is 4.97. The summed E-state index contributed by atoms with van der Waals surface area (Å²) < 4.78 is 57.5. The van der Waals surface area contributed by atoms with Crippen LogP contribution in [0.15, 0.2) is 46.3 Å². The van der Waals surface area contributed by atoms with Gasteiger partial charge in [-0.1, -0.05) is 12.1 Å². The van der Waals surface area contributed by atoms with Gasteiger partial charge in [0.05, 0.1) is 35.1 Å². The molecule has 11 heteroatoms. The molecule has 1 atom stereocenters. The number of benzene rings is 2. The first kappa shape index (κ1) is 20.7. The molecule has 154 valence electrons.